The third-order valence-corrected chi connectivity index (χ3v) is 2.55. The number of hydrogen-bond acceptors (Lipinski definition) is 3. The van der Waals surface area contributed by atoms with E-state index in [1.54, 1.807) is 0 Å². The number of ether oxygens (including phenoxy) is 1. The van der Waals surface area contributed by atoms with Crippen molar-refractivity contribution in [3.8, 4) is 0 Å². The van der Waals surface area contributed by atoms with Crippen LogP contribution in [-0.4, -0.2) is 29.6 Å². The number of aliphatic carboxylic acids is 1. The monoisotopic (exact) mass is 265 g/mol. The Hall–Kier alpha value is -1.88. The van der Waals surface area contributed by atoms with Crippen molar-refractivity contribution in [1.82, 2.24) is 5.32 Å². The van der Waals surface area contributed by atoms with Gasteiger partial charge in [0.1, 0.15) is 6.04 Å². The molecular formula is C14H19NO4. The second-order valence-electron chi connectivity index (χ2n) is 4.27. The summed E-state index contributed by atoms with van der Waals surface area (Å²) in [6, 6.07) is 8.93. The van der Waals surface area contributed by atoms with Crippen LogP contribution >= 0.6 is 0 Å². The summed E-state index contributed by atoms with van der Waals surface area (Å²) in [6.45, 7) is 2.43. The van der Waals surface area contributed by atoms with Crippen molar-refractivity contribution in [2.75, 3.05) is 6.61 Å². The maximum atomic E-state index is 11.4. The zero-order valence-corrected chi connectivity index (χ0v) is 11.0. The molecule has 0 radical (unpaired) electrons. The van der Waals surface area contributed by atoms with Gasteiger partial charge in [-0.15, -0.1) is 0 Å². The molecule has 0 saturated carbocycles. The molecular weight excluding hydrogens is 246 g/mol. The van der Waals surface area contributed by atoms with Gasteiger partial charge < -0.3 is 15.2 Å². The van der Waals surface area contributed by atoms with Gasteiger partial charge >= 0.3 is 5.97 Å². The quantitative estimate of drug-likeness (QED) is 0.700. The van der Waals surface area contributed by atoms with Crippen molar-refractivity contribution in [2.45, 2.75) is 32.4 Å². The molecule has 2 N–H and O–H groups in total. The van der Waals surface area contributed by atoms with Crippen LogP contribution in [0, 0.1) is 0 Å². The highest BCUT2D eigenvalue weighted by Crippen LogP contribution is 2.01. The molecule has 0 aliphatic carbocycles. The standard InChI is InChI=1S/C14H19NO4/c1-11(14(17)18)15-13(16)8-5-9-19-10-12-6-3-2-4-7-12/h2-4,6-7,11H,5,8-10H2,1H3,(H,15,16)(H,17,18)/t11-/m0/s1. The summed E-state index contributed by atoms with van der Waals surface area (Å²) in [5.74, 6) is -1.30. The lowest BCUT2D eigenvalue weighted by Crippen LogP contribution is -2.38. The lowest BCUT2D eigenvalue weighted by molar-refractivity contribution is -0.141. The van der Waals surface area contributed by atoms with Crippen LogP contribution in [0.2, 0.25) is 0 Å². The fourth-order valence-corrected chi connectivity index (χ4v) is 1.47. The Labute approximate surface area is 112 Å². The van der Waals surface area contributed by atoms with Crippen LogP contribution < -0.4 is 5.32 Å². The minimum absolute atomic E-state index is 0.266. The Bertz CT molecular complexity index is 405. The first kappa shape index (κ1) is 15.2. The van der Waals surface area contributed by atoms with Crippen molar-refractivity contribution in [1.29, 1.82) is 0 Å². The number of carboxylic acid groups (broad SMARTS) is 1. The zero-order valence-electron chi connectivity index (χ0n) is 11.0. The van der Waals surface area contributed by atoms with E-state index in [-0.39, 0.29) is 12.3 Å². The van der Waals surface area contributed by atoms with Crippen LogP contribution in [0.5, 0.6) is 0 Å². The van der Waals surface area contributed by atoms with Crippen LogP contribution in [0.15, 0.2) is 30.3 Å². The lowest BCUT2D eigenvalue weighted by Gasteiger charge is -2.09. The highest BCUT2D eigenvalue weighted by molar-refractivity contribution is 5.83. The maximum Gasteiger partial charge on any atom is 0.325 e. The number of benzene rings is 1. The number of carbonyl (C=O) groups excluding carboxylic acids is 1. The fourth-order valence-electron chi connectivity index (χ4n) is 1.47. The van der Waals surface area contributed by atoms with E-state index < -0.39 is 12.0 Å². The SMILES string of the molecule is C[C@H](NC(=O)CCCOCc1ccccc1)C(=O)O. The van der Waals surface area contributed by atoms with E-state index in [1.807, 2.05) is 30.3 Å². The molecule has 19 heavy (non-hydrogen) atoms. The van der Waals surface area contributed by atoms with Crippen molar-refractivity contribution in [3.05, 3.63) is 35.9 Å². The van der Waals surface area contributed by atoms with E-state index in [9.17, 15) is 9.59 Å². The largest absolute Gasteiger partial charge is 0.480 e. The molecule has 0 aliphatic heterocycles. The first-order valence-corrected chi connectivity index (χ1v) is 6.23. The van der Waals surface area contributed by atoms with Gasteiger partial charge in [-0.25, -0.2) is 0 Å². The van der Waals surface area contributed by atoms with E-state index in [0.717, 1.165) is 5.56 Å². The number of nitrogens with one attached hydrogen (secondary N) is 1. The molecule has 1 atom stereocenters. The van der Waals surface area contributed by atoms with Gasteiger partial charge in [-0.3, -0.25) is 9.59 Å². The van der Waals surface area contributed by atoms with E-state index >= 15 is 0 Å². The van der Waals surface area contributed by atoms with Gasteiger partial charge in [0.05, 0.1) is 6.61 Å². The molecule has 0 aliphatic rings. The Morgan fingerprint density at radius 1 is 1.32 bits per heavy atom. The molecule has 104 valence electrons. The molecule has 0 unspecified atom stereocenters. The maximum absolute atomic E-state index is 11.4. The Kier molecular flexibility index (Phi) is 6.60. The normalized spacial score (nSPS) is 11.8. The van der Waals surface area contributed by atoms with Crippen molar-refractivity contribution >= 4 is 11.9 Å². The predicted octanol–water partition coefficient (Wildman–Crippen LogP) is 1.57. The van der Waals surface area contributed by atoms with Crippen LogP contribution in [0.3, 0.4) is 0 Å². The summed E-state index contributed by atoms with van der Waals surface area (Å²) in [5.41, 5.74) is 1.09. The summed E-state index contributed by atoms with van der Waals surface area (Å²) >= 11 is 0. The fraction of sp³-hybridized carbons (Fsp3) is 0.429. The van der Waals surface area contributed by atoms with E-state index in [1.165, 1.54) is 6.92 Å². The molecule has 0 bridgehead atoms. The number of carboxylic acids is 1. The molecule has 1 aromatic rings. The van der Waals surface area contributed by atoms with Crippen LogP contribution in [0.4, 0.5) is 0 Å². The summed E-state index contributed by atoms with van der Waals surface area (Å²) in [6.07, 6.45) is 0.845. The molecule has 0 heterocycles. The Morgan fingerprint density at radius 3 is 2.63 bits per heavy atom. The smallest absolute Gasteiger partial charge is 0.325 e. The van der Waals surface area contributed by atoms with Gasteiger partial charge in [-0.1, -0.05) is 30.3 Å². The number of carbonyl (C=O) groups is 2. The highest BCUT2D eigenvalue weighted by atomic mass is 16.5. The van der Waals surface area contributed by atoms with Crippen molar-refractivity contribution < 1.29 is 19.4 Å². The van der Waals surface area contributed by atoms with Crippen molar-refractivity contribution in [3.63, 3.8) is 0 Å². The third kappa shape index (κ3) is 6.57. The van der Waals surface area contributed by atoms with E-state index in [4.69, 9.17) is 9.84 Å². The summed E-state index contributed by atoms with van der Waals surface area (Å²) in [4.78, 5) is 21.9. The number of amides is 1. The first-order chi connectivity index (χ1) is 9.09. The van der Waals surface area contributed by atoms with Crippen LogP contribution in [0.25, 0.3) is 0 Å². The predicted molar refractivity (Wildman–Crippen MR) is 70.6 cm³/mol. The first-order valence-electron chi connectivity index (χ1n) is 6.23. The van der Waals surface area contributed by atoms with Gasteiger partial charge in [-0.2, -0.15) is 0 Å². The second kappa shape index (κ2) is 8.26. The minimum atomic E-state index is -1.03. The Balaban J connectivity index is 2.08. The summed E-state index contributed by atoms with van der Waals surface area (Å²) in [5, 5.41) is 11.0. The van der Waals surface area contributed by atoms with Gasteiger partial charge in [0.25, 0.3) is 0 Å². The average molecular weight is 265 g/mol. The van der Waals surface area contributed by atoms with Gasteiger partial charge in [0, 0.05) is 13.0 Å². The molecule has 1 amide bonds. The average Bonchev–Trinajstić information content (AvgIpc) is 2.39. The molecule has 0 saturated heterocycles. The van der Waals surface area contributed by atoms with Crippen LogP contribution in [-0.2, 0) is 20.9 Å². The summed E-state index contributed by atoms with van der Waals surface area (Å²) < 4.78 is 5.43. The lowest BCUT2D eigenvalue weighted by atomic mass is 10.2. The van der Waals surface area contributed by atoms with Crippen molar-refractivity contribution in [2.24, 2.45) is 0 Å². The molecule has 0 aromatic heterocycles. The topological polar surface area (TPSA) is 75.6 Å². The number of rotatable bonds is 8. The molecule has 1 aromatic carbocycles. The van der Waals surface area contributed by atoms with E-state index in [2.05, 4.69) is 5.32 Å². The molecule has 5 nitrogen and oxygen atoms in total. The van der Waals surface area contributed by atoms with Gasteiger partial charge in [0.15, 0.2) is 0 Å². The van der Waals surface area contributed by atoms with E-state index in [0.29, 0.717) is 19.6 Å². The molecule has 5 heteroatoms. The van der Waals surface area contributed by atoms with Crippen LogP contribution in [0.1, 0.15) is 25.3 Å². The third-order valence-electron chi connectivity index (χ3n) is 2.55. The molecule has 1 rings (SSSR count). The summed E-state index contributed by atoms with van der Waals surface area (Å²) in [7, 11) is 0. The number of hydrogen-bond donors (Lipinski definition) is 2. The van der Waals surface area contributed by atoms with Gasteiger partial charge in [0.2, 0.25) is 5.91 Å². The van der Waals surface area contributed by atoms with Gasteiger partial charge in [-0.05, 0) is 18.9 Å². The Morgan fingerprint density at radius 2 is 2.00 bits per heavy atom. The molecule has 0 fully saturated rings. The minimum Gasteiger partial charge on any atom is -0.480 e. The highest BCUT2D eigenvalue weighted by Gasteiger charge is 2.13. The zero-order chi connectivity index (χ0) is 14.1. The molecule has 0 spiro atoms. The second-order valence-corrected chi connectivity index (χ2v) is 4.27.